The maximum atomic E-state index is 12.6. The van der Waals surface area contributed by atoms with Crippen LogP contribution in [0.2, 0.25) is 10.0 Å². The van der Waals surface area contributed by atoms with E-state index in [0.29, 0.717) is 27.9 Å². The van der Waals surface area contributed by atoms with Gasteiger partial charge < -0.3 is 0 Å². The van der Waals surface area contributed by atoms with Crippen molar-refractivity contribution in [2.45, 2.75) is 18.4 Å². The number of benzene rings is 1. The first-order chi connectivity index (χ1) is 8.98. The third-order valence-corrected chi connectivity index (χ3v) is 4.19. The highest BCUT2D eigenvalue weighted by atomic mass is 35.5. The summed E-state index contributed by atoms with van der Waals surface area (Å²) in [5.74, 6) is 0.143. The fraction of sp³-hybridized carbons (Fsp3) is 0.385. The smallest absolute Gasteiger partial charge is 0.183 e. The molecule has 19 heavy (non-hydrogen) atoms. The largest absolute Gasteiger partial charge is 0.298 e. The molecule has 0 spiro atoms. The first-order valence-electron chi connectivity index (χ1n) is 5.81. The molecule has 1 heterocycles. The van der Waals surface area contributed by atoms with E-state index in [9.17, 15) is 9.59 Å². The van der Waals surface area contributed by atoms with Crippen LogP contribution in [0.15, 0.2) is 18.2 Å². The van der Waals surface area contributed by atoms with E-state index in [1.165, 1.54) is 6.07 Å². The summed E-state index contributed by atoms with van der Waals surface area (Å²) in [6, 6.07) is 4.70. The molecule has 0 aromatic heterocycles. The van der Waals surface area contributed by atoms with Gasteiger partial charge in [-0.15, -0.1) is 11.6 Å². The van der Waals surface area contributed by atoms with Crippen LogP contribution < -0.4 is 5.32 Å². The highest BCUT2D eigenvalue weighted by Crippen LogP contribution is 2.29. The minimum atomic E-state index is -0.907. The van der Waals surface area contributed by atoms with Gasteiger partial charge in [0, 0.05) is 17.9 Å². The molecule has 0 saturated carbocycles. The summed E-state index contributed by atoms with van der Waals surface area (Å²) in [5, 5.41) is 3.70. The normalized spacial score (nSPS) is 22.8. The zero-order chi connectivity index (χ0) is 14.0. The van der Waals surface area contributed by atoms with Gasteiger partial charge in [-0.3, -0.25) is 14.9 Å². The molecular weight excluding hydrogens is 309 g/mol. The molecule has 1 saturated heterocycles. The van der Waals surface area contributed by atoms with Crippen LogP contribution in [0.25, 0.3) is 0 Å². The molecule has 102 valence electrons. The predicted molar refractivity (Wildman–Crippen MR) is 76.5 cm³/mol. The maximum absolute atomic E-state index is 12.6. The van der Waals surface area contributed by atoms with Crippen LogP contribution in [0, 0.1) is 0 Å². The summed E-state index contributed by atoms with van der Waals surface area (Å²) < 4.78 is 0. The molecule has 3 nitrogen and oxygen atoms in total. The van der Waals surface area contributed by atoms with Crippen molar-refractivity contribution in [2.24, 2.45) is 0 Å². The van der Waals surface area contributed by atoms with Gasteiger partial charge in [0.2, 0.25) is 0 Å². The zero-order valence-electron chi connectivity index (χ0n) is 10.0. The highest BCUT2D eigenvalue weighted by Gasteiger charge is 2.44. The number of alkyl halides is 1. The molecule has 2 rings (SSSR count). The van der Waals surface area contributed by atoms with E-state index in [4.69, 9.17) is 34.8 Å². The van der Waals surface area contributed by atoms with Crippen LogP contribution in [0.5, 0.6) is 0 Å². The topological polar surface area (TPSA) is 46.2 Å². The van der Waals surface area contributed by atoms with Gasteiger partial charge in [0.15, 0.2) is 5.78 Å². The van der Waals surface area contributed by atoms with E-state index >= 15 is 0 Å². The summed E-state index contributed by atoms with van der Waals surface area (Å²) in [6.45, 7) is 0.198. The number of ketones is 2. The van der Waals surface area contributed by atoms with Crippen molar-refractivity contribution in [3.8, 4) is 0 Å². The Morgan fingerprint density at radius 3 is 2.58 bits per heavy atom. The lowest BCUT2D eigenvalue weighted by molar-refractivity contribution is -0.116. The molecule has 1 atom stereocenters. The van der Waals surface area contributed by atoms with Crippen LogP contribution >= 0.6 is 34.8 Å². The van der Waals surface area contributed by atoms with Crippen molar-refractivity contribution >= 4 is 46.4 Å². The van der Waals surface area contributed by atoms with Crippen molar-refractivity contribution in [1.82, 2.24) is 5.32 Å². The third kappa shape index (κ3) is 2.95. The fourth-order valence-electron chi connectivity index (χ4n) is 2.26. The standard InChI is InChI=1S/C13H12Cl3NO2/c14-4-3-13(6-9(18)7-17-13)12(19)8-1-2-10(15)11(16)5-8/h1-2,5,17H,3-4,6-7H2. The van der Waals surface area contributed by atoms with Crippen LogP contribution in [-0.4, -0.2) is 29.5 Å². The molecule has 0 aliphatic carbocycles. The Kier molecular flexibility index (Phi) is 4.51. The van der Waals surface area contributed by atoms with E-state index in [1.54, 1.807) is 12.1 Å². The van der Waals surface area contributed by atoms with Crippen molar-refractivity contribution in [3.63, 3.8) is 0 Å². The van der Waals surface area contributed by atoms with Gasteiger partial charge in [0.1, 0.15) is 5.78 Å². The molecule has 1 aliphatic heterocycles. The maximum Gasteiger partial charge on any atom is 0.183 e. The molecule has 1 aromatic carbocycles. The number of hydrogen-bond acceptors (Lipinski definition) is 3. The van der Waals surface area contributed by atoms with Gasteiger partial charge in [0.05, 0.1) is 22.1 Å². The lowest BCUT2D eigenvalue weighted by Crippen LogP contribution is -2.48. The molecule has 1 unspecified atom stereocenters. The molecule has 1 N–H and O–H groups in total. The number of Topliss-reactive ketones (excluding diaryl/α,β-unsaturated/α-hetero) is 2. The third-order valence-electron chi connectivity index (χ3n) is 3.26. The van der Waals surface area contributed by atoms with Crippen LogP contribution in [0.3, 0.4) is 0 Å². The summed E-state index contributed by atoms with van der Waals surface area (Å²) in [6.07, 6.45) is 0.568. The number of halogens is 3. The number of rotatable bonds is 4. The van der Waals surface area contributed by atoms with E-state index < -0.39 is 5.54 Å². The van der Waals surface area contributed by atoms with Gasteiger partial charge >= 0.3 is 0 Å². The number of carbonyl (C=O) groups is 2. The molecule has 0 amide bonds. The van der Waals surface area contributed by atoms with Gasteiger partial charge in [-0.2, -0.15) is 0 Å². The minimum Gasteiger partial charge on any atom is -0.298 e. The van der Waals surface area contributed by atoms with E-state index in [1.807, 2.05) is 0 Å². The van der Waals surface area contributed by atoms with Gasteiger partial charge in [-0.05, 0) is 24.6 Å². The number of hydrogen-bond donors (Lipinski definition) is 1. The van der Waals surface area contributed by atoms with Crippen LogP contribution in [0.4, 0.5) is 0 Å². The summed E-state index contributed by atoms with van der Waals surface area (Å²) >= 11 is 17.5. The quantitative estimate of drug-likeness (QED) is 0.685. The van der Waals surface area contributed by atoms with Crippen molar-refractivity contribution in [1.29, 1.82) is 0 Å². The van der Waals surface area contributed by atoms with Crippen LogP contribution in [0.1, 0.15) is 23.2 Å². The van der Waals surface area contributed by atoms with Gasteiger partial charge in [0.25, 0.3) is 0 Å². The van der Waals surface area contributed by atoms with Crippen molar-refractivity contribution < 1.29 is 9.59 Å². The second-order valence-electron chi connectivity index (χ2n) is 4.55. The van der Waals surface area contributed by atoms with Crippen molar-refractivity contribution in [3.05, 3.63) is 33.8 Å². The van der Waals surface area contributed by atoms with Crippen molar-refractivity contribution in [2.75, 3.05) is 12.4 Å². The molecule has 0 bridgehead atoms. The highest BCUT2D eigenvalue weighted by molar-refractivity contribution is 6.42. The first-order valence-corrected chi connectivity index (χ1v) is 7.10. The minimum absolute atomic E-state index is 0.0125. The molecule has 1 fully saturated rings. The Hall–Kier alpha value is -0.610. The first kappa shape index (κ1) is 14.8. The molecular formula is C13H12Cl3NO2. The van der Waals surface area contributed by atoms with Gasteiger partial charge in [-0.1, -0.05) is 23.2 Å². The second kappa shape index (κ2) is 5.80. The Bertz CT molecular complexity index is 533. The second-order valence-corrected chi connectivity index (χ2v) is 5.74. The molecule has 1 aromatic rings. The predicted octanol–water partition coefficient (Wildman–Crippen LogP) is 3.11. The monoisotopic (exact) mass is 319 g/mol. The average Bonchev–Trinajstić information content (AvgIpc) is 2.75. The molecule has 6 heteroatoms. The molecule has 1 aliphatic rings. The SMILES string of the molecule is O=C1CNC(CCCl)(C(=O)c2ccc(Cl)c(Cl)c2)C1. The fourth-order valence-corrected chi connectivity index (χ4v) is 2.88. The number of carbonyl (C=O) groups excluding carboxylic acids is 2. The lowest BCUT2D eigenvalue weighted by atomic mass is 9.85. The Morgan fingerprint density at radius 2 is 2.05 bits per heavy atom. The van der Waals surface area contributed by atoms with E-state index in [0.717, 1.165) is 0 Å². The average molecular weight is 321 g/mol. The Balaban J connectivity index is 2.34. The summed E-state index contributed by atoms with van der Waals surface area (Å²) in [4.78, 5) is 24.1. The van der Waals surface area contributed by atoms with E-state index in [2.05, 4.69) is 5.32 Å². The van der Waals surface area contributed by atoms with Crippen LogP contribution in [-0.2, 0) is 4.79 Å². The van der Waals surface area contributed by atoms with Gasteiger partial charge in [-0.25, -0.2) is 0 Å². The zero-order valence-corrected chi connectivity index (χ0v) is 12.3. The summed E-state index contributed by atoms with van der Waals surface area (Å²) in [5.41, 5.74) is -0.475. The Labute approximate surface area is 126 Å². The Morgan fingerprint density at radius 1 is 1.32 bits per heavy atom. The number of nitrogens with one attached hydrogen (secondary N) is 1. The lowest BCUT2D eigenvalue weighted by Gasteiger charge is -2.26. The summed E-state index contributed by atoms with van der Waals surface area (Å²) in [7, 11) is 0. The van der Waals surface area contributed by atoms with E-state index in [-0.39, 0.29) is 24.5 Å². The molecule has 0 radical (unpaired) electrons.